The molecule has 0 aliphatic heterocycles. The van der Waals surface area contributed by atoms with Crippen molar-refractivity contribution >= 4 is 17.2 Å². The van der Waals surface area contributed by atoms with E-state index in [0.29, 0.717) is 18.0 Å². The summed E-state index contributed by atoms with van der Waals surface area (Å²) in [6, 6.07) is 11.8. The van der Waals surface area contributed by atoms with Crippen LogP contribution in [-0.4, -0.2) is 21.7 Å². The first kappa shape index (κ1) is 18.2. The van der Waals surface area contributed by atoms with Crippen molar-refractivity contribution < 1.29 is 9.53 Å². The summed E-state index contributed by atoms with van der Waals surface area (Å²) in [6.07, 6.45) is 1.92. The molecule has 2 heterocycles. The first-order chi connectivity index (χ1) is 12.5. The quantitative estimate of drug-likeness (QED) is 0.686. The van der Waals surface area contributed by atoms with Gasteiger partial charge in [-0.1, -0.05) is 18.2 Å². The third-order valence-corrected chi connectivity index (χ3v) is 4.96. The van der Waals surface area contributed by atoms with Crippen LogP contribution < -0.4 is 10.1 Å². The fourth-order valence-electron chi connectivity index (χ4n) is 2.64. The van der Waals surface area contributed by atoms with Crippen LogP contribution in [0.25, 0.3) is 0 Å². The van der Waals surface area contributed by atoms with E-state index in [9.17, 15) is 4.79 Å². The van der Waals surface area contributed by atoms with Crippen molar-refractivity contribution in [2.75, 3.05) is 0 Å². The predicted octanol–water partition coefficient (Wildman–Crippen LogP) is 3.96. The molecule has 0 bridgehead atoms. The molecule has 0 aliphatic carbocycles. The number of carbonyl (C=O) groups excluding carboxylic acids is 1. The second-order valence-electron chi connectivity index (χ2n) is 6.43. The van der Waals surface area contributed by atoms with Gasteiger partial charge in [0.25, 0.3) is 5.91 Å². The molecule has 0 fully saturated rings. The molecule has 6 heteroatoms. The van der Waals surface area contributed by atoms with Crippen LogP contribution in [0.3, 0.4) is 0 Å². The van der Waals surface area contributed by atoms with Gasteiger partial charge in [-0.25, -0.2) is 0 Å². The van der Waals surface area contributed by atoms with Crippen LogP contribution in [0.4, 0.5) is 0 Å². The van der Waals surface area contributed by atoms with Gasteiger partial charge in [0.05, 0.1) is 17.1 Å². The summed E-state index contributed by atoms with van der Waals surface area (Å²) in [4.78, 5) is 13.1. The zero-order valence-electron chi connectivity index (χ0n) is 15.2. The summed E-state index contributed by atoms with van der Waals surface area (Å²) >= 11 is 1.43. The predicted molar refractivity (Wildman–Crippen MR) is 104 cm³/mol. The van der Waals surface area contributed by atoms with Crippen LogP contribution in [0.5, 0.6) is 5.75 Å². The van der Waals surface area contributed by atoms with Crippen LogP contribution in [-0.2, 0) is 13.2 Å². The van der Waals surface area contributed by atoms with Crippen LogP contribution in [0.1, 0.15) is 33.4 Å². The van der Waals surface area contributed by atoms with Crippen molar-refractivity contribution in [3.8, 4) is 5.75 Å². The van der Waals surface area contributed by atoms with Gasteiger partial charge in [0.1, 0.15) is 12.4 Å². The number of aryl methyl sites for hydroxylation is 2. The maximum Gasteiger partial charge on any atom is 0.261 e. The number of ether oxygens (including phenoxy) is 1. The van der Waals surface area contributed by atoms with Gasteiger partial charge in [-0.3, -0.25) is 9.48 Å². The number of amides is 1. The smallest absolute Gasteiger partial charge is 0.261 e. The average Bonchev–Trinajstić information content (AvgIpc) is 3.23. The summed E-state index contributed by atoms with van der Waals surface area (Å²) in [5, 5.41) is 9.33. The topological polar surface area (TPSA) is 56.2 Å². The number of hydrogen-bond donors (Lipinski definition) is 1. The van der Waals surface area contributed by atoms with Crippen molar-refractivity contribution in [1.82, 2.24) is 15.1 Å². The largest absolute Gasteiger partial charge is 0.489 e. The molecule has 0 saturated carbocycles. The van der Waals surface area contributed by atoms with Gasteiger partial charge < -0.3 is 10.1 Å². The highest BCUT2D eigenvalue weighted by atomic mass is 32.1. The Labute approximate surface area is 157 Å². The molecule has 1 aromatic carbocycles. The fourth-order valence-corrected chi connectivity index (χ4v) is 3.44. The first-order valence-electron chi connectivity index (χ1n) is 8.58. The molecular formula is C20H23N3O2S. The molecule has 0 aliphatic rings. The Hall–Kier alpha value is -2.60. The van der Waals surface area contributed by atoms with Crippen LogP contribution in [0.2, 0.25) is 0 Å². The number of rotatable bonds is 7. The van der Waals surface area contributed by atoms with Gasteiger partial charge in [-0.2, -0.15) is 5.10 Å². The molecule has 26 heavy (non-hydrogen) atoms. The number of carbonyl (C=O) groups is 1. The molecule has 3 rings (SSSR count). The second kappa shape index (κ2) is 8.19. The van der Waals surface area contributed by atoms with Crippen molar-refractivity contribution in [1.29, 1.82) is 0 Å². The van der Waals surface area contributed by atoms with Gasteiger partial charge in [-0.05, 0) is 49.9 Å². The molecule has 1 N–H and O–H groups in total. The lowest BCUT2D eigenvalue weighted by molar-refractivity contribution is 0.0940. The van der Waals surface area contributed by atoms with Gasteiger partial charge in [0.15, 0.2) is 0 Å². The zero-order chi connectivity index (χ0) is 18.5. The molecule has 0 spiro atoms. The molecule has 3 aromatic rings. The van der Waals surface area contributed by atoms with E-state index < -0.39 is 0 Å². The third kappa shape index (κ3) is 4.73. The van der Waals surface area contributed by atoms with Crippen LogP contribution in [0, 0.1) is 13.8 Å². The van der Waals surface area contributed by atoms with E-state index >= 15 is 0 Å². The molecule has 1 atom stereocenters. The highest BCUT2D eigenvalue weighted by Gasteiger charge is 2.13. The molecule has 1 unspecified atom stereocenters. The Kier molecular flexibility index (Phi) is 5.73. The monoisotopic (exact) mass is 369 g/mol. The van der Waals surface area contributed by atoms with Gasteiger partial charge >= 0.3 is 0 Å². The zero-order valence-corrected chi connectivity index (χ0v) is 16.0. The lowest BCUT2D eigenvalue weighted by Crippen LogP contribution is -2.35. The SMILES string of the molecule is Cc1ccn(CC(C)NC(=O)c2cc(COc3ccccc3C)cs2)n1. The van der Waals surface area contributed by atoms with E-state index in [1.54, 1.807) is 0 Å². The molecular weight excluding hydrogens is 346 g/mol. The summed E-state index contributed by atoms with van der Waals surface area (Å²) in [7, 11) is 0. The van der Waals surface area contributed by atoms with E-state index in [1.165, 1.54) is 11.3 Å². The third-order valence-electron chi connectivity index (χ3n) is 3.98. The maximum atomic E-state index is 12.4. The Bertz CT molecular complexity index is 885. The molecule has 2 aromatic heterocycles. The number of nitrogens with zero attached hydrogens (tertiary/aromatic N) is 2. The Balaban J connectivity index is 1.53. The summed E-state index contributed by atoms with van der Waals surface area (Å²) in [5.74, 6) is 0.807. The lowest BCUT2D eigenvalue weighted by Gasteiger charge is -2.13. The highest BCUT2D eigenvalue weighted by molar-refractivity contribution is 7.12. The van der Waals surface area contributed by atoms with E-state index in [4.69, 9.17) is 4.74 Å². The van der Waals surface area contributed by atoms with E-state index in [-0.39, 0.29) is 11.9 Å². The normalized spacial score (nSPS) is 12.0. The standard InChI is InChI=1S/C20H23N3O2S/c1-14-6-4-5-7-18(14)25-12-17-10-19(26-13-17)20(24)21-16(3)11-23-9-8-15(2)22-23/h4-10,13,16H,11-12H2,1-3H3,(H,21,24). The Morgan fingerprint density at radius 1 is 1.31 bits per heavy atom. The lowest BCUT2D eigenvalue weighted by atomic mass is 10.2. The Morgan fingerprint density at radius 3 is 2.85 bits per heavy atom. The number of para-hydroxylation sites is 1. The first-order valence-corrected chi connectivity index (χ1v) is 9.46. The minimum absolute atomic E-state index is 0.00410. The van der Waals surface area contributed by atoms with Gasteiger partial charge in [-0.15, -0.1) is 11.3 Å². The maximum absolute atomic E-state index is 12.4. The number of benzene rings is 1. The van der Waals surface area contributed by atoms with E-state index in [0.717, 1.165) is 22.6 Å². The number of nitrogens with one attached hydrogen (secondary N) is 1. The molecule has 0 radical (unpaired) electrons. The Morgan fingerprint density at radius 2 is 2.12 bits per heavy atom. The molecule has 0 saturated heterocycles. The van der Waals surface area contributed by atoms with E-state index in [1.807, 2.05) is 73.4 Å². The van der Waals surface area contributed by atoms with Gasteiger partial charge in [0.2, 0.25) is 0 Å². The van der Waals surface area contributed by atoms with E-state index in [2.05, 4.69) is 10.4 Å². The van der Waals surface area contributed by atoms with Crippen LogP contribution >= 0.6 is 11.3 Å². The fraction of sp³-hybridized carbons (Fsp3) is 0.300. The van der Waals surface area contributed by atoms with Crippen molar-refractivity contribution in [3.63, 3.8) is 0 Å². The van der Waals surface area contributed by atoms with Crippen molar-refractivity contribution in [2.45, 2.75) is 40.0 Å². The molecule has 5 nitrogen and oxygen atoms in total. The minimum Gasteiger partial charge on any atom is -0.489 e. The average molecular weight is 369 g/mol. The number of aromatic nitrogens is 2. The summed E-state index contributed by atoms with van der Waals surface area (Å²) < 4.78 is 7.69. The van der Waals surface area contributed by atoms with Crippen LogP contribution in [0.15, 0.2) is 48.0 Å². The number of hydrogen-bond acceptors (Lipinski definition) is 4. The minimum atomic E-state index is -0.0616. The van der Waals surface area contributed by atoms with Gasteiger partial charge in [0, 0.05) is 17.8 Å². The summed E-state index contributed by atoms with van der Waals surface area (Å²) in [5.41, 5.74) is 3.07. The van der Waals surface area contributed by atoms with Crippen molar-refractivity contribution in [2.24, 2.45) is 0 Å². The molecule has 136 valence electrons. The second-order valence-corrected chi connectivity index (χ2v) is 7.34. The summed E-state index contributed by atoms with van der Waals surface area (Å²) in [6.45, 7) is 7.05. The number of thiophene rings is 1. The highest BCUT2D eigenvalue weighted by Crippen LogP contribution is 2.20. The van der Waals surface area contributed by atoms with Crippen molar-refractivity contribution in [3.05, 3.63) is 69.7 Å². The molecule has 1 amide bonds.